The molecule has 0 saturated heterocycles. The lowest BCUT2D eigenvalue weighted by Crippen LogP contribution is -2.38. The average molecular weight is 367 g/mol. The monoisotopic (exact) mass is 367 g/mol. The Labute approximate surface area is 154 Å². The highest BCUT2D eigenvalue weighted by Gasteiger charge is 2.38. The zero-order chi connectivity index (χ0) is 17.7. The molecule has 0 spiro atoms. The van der Waals surface area contributed by atoms with Gasteiger partial charge in [-0.15, -0.1) is 11.3 Å². The van der Waals surface area contributed by atoms with Crippen LogP contribution in [0.25, 0.3) is 0 Å². The van der Waals surface area contributed by atoms with Gasteiger partial charge in [-0.3, -0.25) is 9.59 Å². The summed E-state index contributed by atoms with van der Waals surface area (Å²) in [5, 5.41) is 4.99. The lowest BCUT2D eigenvalue weighted by molar-refractivity contribution is -0.122. The summed E-state index contributed by atoms with van der Waals surface area (Å²) < 4.78 is 10.8. The van der Waals surface area contributed by atoms with E-state index < -0.39 is 0 Å². The summed E-state index contributed by atoms with van der Waals surface area (Å²) in [5.41, 5.74) is 2.48. The zero-order valence-electron chi connectivity index (χ0n) is 14.0. The number of benzene rings is 1. The standard InChI is InChI=1S/C20H17NO4S/c22-15-7-12(18-2-1-5-26-18)6-14-20(15)13(9-19(23)21-14)11-3-4-16-17(8-11)25-10-24-16/h1-5,8,12-13H,6-7,9-10H2,(H,21,23)/t12-,13-/m1/s1. The molecular weight excluding hydrogens is 350 g/mol. The van der Waals surface area contributed by atoms with E-state index in [9.17, 15) is 9.59 Å². The summed E-state index contributed by atoms with van der Waals surface area (Å²) in [6, 6.07) is 9.75. The molecule has 2 aliphatic heterocycles. The molecular formula is C20H17NO4S. The maximum atomic E-state index is 13.0. The second-order valence-electron chi connectivity index (χ2n) is 6.85. The minimum atomic E-state index is -0.218. The van der Waals surface area contributed by atoms with Gasteiger partial charge in [-0.05, 0) is 35.6 Å². The predicted octanol–water partition coefficient (Wildman–Crippen LogP) is 3.48. The van der Waals surface area contributed by atoms with Crippen LogP contribution in [0.5, 0.6) is 11.5 Å². The van der Waals surface area contributed by atoms with E-state index in [0.29, 0.717) is 24.3 Å². The Bertz CT molecular complexity index is 931. The van der Waals surface area contributed by atoms with Gasteiger partial charge in [0, 0.05) is 40.8 Å². The molecule has 1 aromatic carbocycles. The molecule has 6 heteroatoms. The van der Waals surface area contributed by atoms with Gasteiger partial charge in [-0.25, -0.2) is 0 Å². The van der Waals surface area contributed by atoms with E-state index in [1.165, 1.54) is 4.88 Å². The highest BCUT2D eigenvalue weighted by Crippen LogP contribution is 2.45. The fourth-order valence-electron chi connectivity index (χ4n) is 4.10. The molecule has 0 fully saturated rings. The number of carbonyl (C=O) groups excluding carboxylic acids is 2. The van der Waals surface area contributed by atoms with E-state index >= 15 is 0 Å². The van der Waals surface area contributed by atoms with Crippen molar-refractivity contribution >= 4 is 23.0 Å². The van der Waals surface area contributed by atoms with Crippen LogP contribution in [-0.4, -0.2) is 18.5 Å². The number of nitrogens with one attached hydrogen (secondary N) is 1. The third-order valence-electron chi connectivity index (χ3n) is 5.28. The Hall–Kier alpha value is -2.60. The van der Waals surface area contributed by atoms with E-state index in [1.807, 2.05) is 29.6 Å². The van der Waals surface area contributed by atoms with Gasteiger partial charge in [-0.1, -0.05) is 12.1 Å². The molecule has 0 radical (unpaired) electrons. The van der Waals surface area contributed by atoms with E-state index in [4.69, 9.17) is 9.47 Å². The number of rotatable bonds is 2. The van der Waals surface area contributed by atoms with Crippen molar-refractivity contribution in [3.05, 3.63) is 57.4 Å². The Balaban J connectivity index is 1.53. The fraction of sp³-hybridized carbons (Fsp3) is 0.300. The quantitative estimate of drug-likeness (QED) is 0.883. The molecule has 0 unspecified atom stereocenters. The second-order valence-corrected chi connectivity index (χ2v) is 7.83. The number of Topliss-reactive ketones (excluding diaryl/α,β-unsaturated/α-hetero) is 1. The molecule has 3 heterocycles. The van der Waals surface area contributed by atoms with Crippen molar-refractivity contribution in [3.63, 3.8) is 0 Å². The van der Waals surface area contributed by atoms with Gasteiger partial charge >= 0.3 is 0 Å². The summed E-state index contributed by atoms with van der Waals surface area (Å²) in [5.74, 6) is 1.41. The molecule has 1 N–H and O–H groups in total. The van der Waals surface area contributed by atoms with Gasteiger partial charge in [0.2, 0.25) is 12.7 Å². The average Bonchev–Trinajstić information content (AvgIpc) is 3.31. The minimum Gasteiger partial charge on any atom is -0.454 e. The lowest BCUT2D eigenvalue weighted by atomic mass is 9.74. The molecule has 1 aliphatic carbocycles. The van der Waals surface area contributed by atoms with E-state index in [1.54, 1.807) is 11.3 Å². The zero-order valence-corrected chi connectivity index (χ0v) is 14.8. The van der Waals surface area contributed by atoms with E-state index in [-0.39, 0.29) is 36.7 Å². The van der Waals surface area contributed by atoms with Crippen LogP contribution in [0.1, 0.15) is 41.5 Å². The number of allylic oxidation sites excluding steroid dienone is 2. The first-order valence-electron chi connectivity index (χ1n) is 8.68. The summed E-state index contributed by atoms with van der Waals surface area (Å²) >= 11 is 1.66. The topological polar surface area (TPSA) is 64.6 Å². The van der Waals surface area contributed by atoms with Gasteiger partial charge in [0.15, 0.2) is 17.3 Å². The molecule has 1 amide bonds. The Morgan fingerprint density at radius 2 is 1.92 bits per heavy atom. The van der Waals surface area contributed by atoms with Crippen LogP contribution in [0.4, 0.5) is 0 Å². The maximum Gasteiger partial charge on any atom is 0.231 e. The van der Waals surface area contributed by atoms with Crippen molar-refractivity contribution in [1.82, 2.24) is 5.32 Å². The number of carbonyl (C=O) groups is 2. The normalized spacial score (nSPS) is 24.5. The first kappa shape index (κ1) is 15.6. The molecule has 1 aromatic heterocycles. The third-order valence-corrected chi connectivity index (χ3v) is 6.32. The van der Waals surface area contributed by atoms with Crippen LogP contribution >= 0.6 is 11.3 Å². The van der Waals surface area contributed by atoms with E-state index in [0.717, 1.165) is 16.8 Å². The molecule has 26 heavy (non-hydrogen) atoms. The van der Waals surface area contributed by atoms with Gasteiger partial charge in [0.25, 0.3) is 0 Å². The molecule has 0 saturated carbocycles. The Morgan fingerprint density at radius 3 is 2.77 bits per heavy atom. The molecule has 2 atom stereocenters. The first-order valence-corrected chi connectivity index (χ1v) is 9.56. The van der Waals surface area contributed by atoms with Crippen LogP contribution in [0.3, 0.4) is 0 Å². The number of fused-ring (bicyclic) bond motifs is 1. The van der Waals surface area contributed by atoms with Crippen molar-refractivity contribution in [3.8, 4) is 11.5 Å². The largest absolute Gasteiger partial charge is 0.454 e. The van der Waals surface area contributed by atoms with Crippen molar-refractivity contribution in [1.29, 1.82) is 0 Å². The first-order chi connectivity index (χ1) is 12.7. The highest BCUT2D eigenvalue weighted by atomic mass is 32.1. The van der Waals surface area contributed by atoms with Gasteiger partial charge in [0.05, 0.1) is 0 Å². The van der Waals surface area contributed by atoms with Crippen molar-refractivity contribution < 1.29 is 19.1 Å². The Kier molecular flexibility index (Phi) is 3.60. The summed E-state index contributed by atoms with van der Waals surface area (Å²) in [4.78, 5) is 26.5. The van der Waals surface area contributed by atoms with Crippen LogP contribution in [-0.2, 0) is 9.59 Å². The van der Waals surface area contributed by atoms with Crippen LogP contribution in [0, 0.1) is 0 Å². The molecule has 5 nitrogen and oxygen atoms in total. The maximum absolute atomic E-state index is 13.0. The number of ether oxygens (including phenoxy) is 2. The minimum absolute atomic E-state index is 0.0361. The van der Waals surface area contributed by atoms with Crippen LogP contribution < -0.4 is 14.8 Å². The van der Waals surface area contributed by atoms with Crippen molar-refractivity contribution in [2.75, 3.05) is 6.79 Å². The van der Waals surface area contributed by atoms with Crippen LogP contribution in [0.2, 0.25) is 0 Å². The van der Waals surface area contributed by atoms with Crippen molar-refractivity contribution in [2.24, 2.45) is 0 Å². The number of hydrogen-bond donors (Lipinski definition) is 1. The van der Waals surface area contributed by atoms with E-state index in [2.05, 4.69) is 11.4 Å². The summed E-state index contributed by atoms with van der Waals surface area (Å²) in [6.45, 7) is 0.208. The summed E-state index contributed by atoms with van der Waals surface area (Å²) in [7, 11) is 0. The second kappa shape index (κ2) is 5.99. The number of ketones is 1. The molecule has 0 bridgehead atoms. The third kappa shape index (κ3) is 2.52. The predicted molar refractivity (Wildman–Crippen MR) is 96.4 cm³/mol. The Morgan fingerprint density at radius 1 is 1.04 bits per heavy atom. The molecule has 5 rings (SSSR count). The van der Waals surface area contributed by atoms with Gasteiger partial charge in [0.1, 0.15) is 0 Å². The number of hydrogen-bond acceptors (Lipinski definition) is 5. The number of amides is 1. The lowest BCUT2D eigenvalue weighted by Gasteiger charge is -2.34. The smallest absolute Gasteiger partial charge is 0.231 e. The van der Waals surface area contributed by atoms with Gasteiger partial charge in [-0.2, -0.15) is 0 Å². The highest BCUT2D eigenvalue weighted by molar-refractivity contribution is 7.10. The molecule has 3 aliphatic rings. The number of thiophene rings is 1. The molecule has 2 aromatic rings. The van der Waals surface area contributed by atoms with Gasteiger partial charge < -0.3 is 14.8 Å². The fourth-order valence-corrected chi connectivity index (χ4v) is 4.93. The summed E-state index contributed by atoms with van der Waals surface area (Å²) in [6.07, 6.45) is 1.48. The van der Waals surface area contributed by atoms with Crippen molar-refractivity contribution in [2.45, 2.75) is 31.1 Å². The molecule has 132 valence electrons. The SMILES string of the molecule is O=C1C[C@H](c2ccc3c(c2)OCO3)C2=C(C[C@@H](c3cccs3)CC2=O)N1. The van der Waals surface area contributed by atoms with Crippen LogP contribution in [0.15, 0.2) is 47.0 Å².